The largest absolute Gasteiger partial charge is 0.370 e. The number of thiazole rings is 1. The van der Waals surface area contributed by atoms with Crippen LogP contribution in [0, 0.1) is 0 Å². The van der Waals surface area contributed by atoms with Gasteiger partial charge in [-0.1, -0.05) is 26.2 Å². The van der Waals surface area contributed by atoms with Crippen LogP contribution in [0.15, 0.2) is 10.4 Å². The Morgan fingerprint density at radius 3 is 2.85 bits per heavy atom. The van der Waals surface area contributed by atoms with Gasteiger partial charge in [-0.2, -0.15) is 0 Å². The molecule has 0 aromatic carbocycles. The molecule has 1 aromatic rings. The molecule has 2 rings (SSSR count). The van der Waals surface area contributed by atoms with Crippen LogP contribution in [0.4, 0.5) is 0 Å². The van der Waals surface area contributed by atoms with E-state index in [1.54, 1.807) is 11.3 Å². The molecular weight excluding hydrogens is 383 g/mol. The standard InChI is InChI=1S/C14H24N4S.HI/c1-2-13-17-12(10-19-13)8-9-16-14(15)18-11-6-4-3-5-7-11;/h10-11H,2-9H2,1H3,(H3,15,16,18);1H. The summed E-state index contributed by atoms with van der Waals surface area (Å²) in [5.74, 6) is 0.595. The van der Waals surface area contributed by atoms with E-state index >= 15 is 0 Å². The van der Waals surface area contributed by atoms with E-state index in [9.17, 15) is 0 Å². The average Bonchev–Trinajstić information content (AvgIpc) is 2.88. The average molecular weight is 408 g/mol. The highest BCUT2D eigenvalue weighted by Crippen LogP contribution is 2.17. The van der Waals surface area contributed by atoms with Crippen LogP contribution in [0.2, 0.25) is 0 Å². The molecular formula is C14H25IN4S. The molecule has 0 bridgehead atoms. The van der Waals surface area contributed by atoms with E-state index in [4.69, 9.17) is 5.73 Å². The van der Waals surface area contributed by atoms with Crippen molar-refractivity contribution in [1.29, 1.82) is 0 Å². The highest BCUT2D eigenvalue weighted by atomic mass is 127. The summed E-state index contributed by atoms with van der Waals surface area (Å²) >= 11 is 1.73. The number of nitrogens with zero attached hydrogens (tertiary/aromatic N) is 2. The second-order valence-electron chi connectivity index (χ2n) is 5.08. The number of nitrogens with one attached hydrogen (secondary N) is 1. The van der Waals surface area contributed by atoms with E-state index in [1.165, 1.54) is 37.1 Å². The molecule has 0 unspecified atom stereocenters. The van der Waals surface area contributed by atoms with Crippen LogP contribution < -0.4 is 11.1 Å². The monoisotopic (exact) mass is 408 g/mol. The maximum atomic E-state index is 5.92. The molecule has 0 atom stereocenters. The molecule has 0 radical (unpaired) electrons. The second-order valence-corrected chi connectivity index (χ2v) is 6.03. The smallest absolute Gasteiger partial charge is 0.188 e. The molecule has 0 aliphatic heterocycles. The molecule has 20 heavy (non-hydrogen) atoms. The third kappa shape index (κ3) is 5.95. The first kappa shape index (κ1) is 17.7. The van der Waals surface area contributed by atoms with Gasteiger partial charge < -0.3 is 11.1 Å². The van der Waals surface area contributed by atoms with Crippen LogP contribution >= 0.6 is 35.3 Å². The summed E-state index contributed by atoms with van der Waals surface area (Å²) in [5, 5.41) is 6.66. The lowest BCUT2D eigenvalue weighted by Crippen LogP contribution is -2.41. The Morgan fingerprint density at radius 2 is 2.20 bits per heavy atom. The van der Waals surface area contributed by atoms with Crippen molar-refractivity contribution in [2.45, 2.75) is 57.9 Å². The van der Waals surface area contributed by atoms with E-state index < -0.39 is 0 Å². The van der Waals surface area contributed by atoms with Gasteiger partial charge in [-0.15, -0.1) is 35.3 Å². The molecule has 0 saturated heterocycles. The van der Waals surface area contributed by atoms with Gasteiger partial charge in [-0.3, -0.25) is 4.99 Å². The Bertz CT molecular complexity index is 413. The highest BCUT2D eigenvalue weighted by Gasteiger charge is 2.13. The molecule has 1 aromatic heterocycles. The predicted molar refractivity (Wildman–Crippen MR) is 97.1 cm³/mol. The van der Waals surface area contributed by atoms with Crippen LogP contribution in [0.25, 0.3) is 0 Å². The van der Waals surface area contributed by atoms with Crippen molar-refractivity contribution in [3.05, 3.63) is 16.1 Å². The van der Waals surface area contributed by atoms with Crippen LogP contribution in [0.5, 0.6) is 0 Å². The molecule has 1 aliphatic carbocycles. The number of guanidine groups is 1. The maximum Gasteiger partial charge on any atom is 0.188 e. The van der Waals surface area contributed by atoms with Crippen LogP contribution in [0.3, 0.4) is 0 Å². The Kier molecular flexibility index (Phi) is 8.44. The van der Waals surface area contributed by atoms with E-state index in [0.717, 1.165) is 25.1 Å². The quantitative estimate of drug-likeness (QED) is 0.447. The summed E-state index contributed by atoms with van der Waals surface area (Å²) in [5.41, 5.74) is 7.06. The number of aromatic nitrogens is 1. The molecule has 1 saturated carbocycles. The minimum atomic E-state index is 0. The fourth-order valence-corrected chi connectivity index (χ4v) is 3.20. The number of aliphatic imine (C=N–C) groups is 1. The molecule has 114 valence electrons. The maximum absolute atomic E-state index is 5.92. The lowest BCUT2D eigenvalue weighted by atomic mass is 9.96. The first-order chi connectivity index (χ1) is 9.28. The van der Waals surface area contributed by atoms with Gasteiger partial charge in [0.05, 0.1) is 10.7 Å². The van der Waals surface area contributed by atoms with Crippen molar-refractivity contribution in [1.82, 2.24) is 10.3 Å². The summed E-state index contributed by atoms with van der Waals surface area (Å²) in [7, 11) is 0. The van der Waals surface area contributed by atoms with E-state index in [0.29, 0.717) is 12.0 Å². The zero-order valence-electron chi connectivity index (χ0n) is 12.1. The van der Waals surface area contributed by atoms with Crippen molar-refractivity contribution in [3.8, 4) is 0 Å². The van der Waals surface area contributed by atoms with Gasteiger partial charge in [0, 0.05) is 24.4 Å². The molecule has 0 amide bonds. The first-order valence-corrected chi connectivity index (χ1v) is 8.15. The summed E-state index contributed by atoms with van der Waals surface area (Å²) < 4.78 is 0. The normalized spacial score (nSPS) is 16.8. The van der Waals surface area contributed by atoms with Gasteiger partial charge >= 0.3 is 0 Å². The zero-order valence-corrected chi connectivity index (χ0v) is 15.2. The number of rotatable bonds is 5. The van der Waals surface area contributed by atoms with Gasteiger partial charge in [-0.05, 0) is 19.3 Å². The predicted octanol–water partition coefficient (Wildman–Crippen LogP) is 3.10. The van der Waals surface area contributed by atoms with E-state index in [1.807, 2.05) is 0 Å². The topological polar surface area (TPSA) is 63.3 Å². The molecule has 1 fully saturated rings. The Balaban J connectivity index is 0.00000200. The minimum Gasteiger partial charge on any atom is -0.370 e. The Labute approximate surface area is 142 Å². The fraction of sp³-hybridized carbons (Fsp3) is 0.714. The SMILES string of the molecule is CCc1nc(CCN=C(N)NC2CCCCC2)cs1.I. The van der Waals surface area contributed by atoms with Crippen molar-refractivity contribution in [2.24, 2.45) is 10.7 Å². The van der Waals surface area contributed by atoms with Gasteiger partial charge in [0.15, 0.2) is 5.96 Å². The summed E-state index contributed by atoms with van der Waals surface area (Å²) in [6, 6.07) is 0.531. The zero-order chi connectivity index (χ0) is 13.5. The van der Waals surface area contributed by atoms with Gasteiger partial charge in [0.2, 0.25) is 0 Å². The van der Waals surface area contributed by atoms with Crippen molar-refractivity contribution in [3.63, 3.8) is 0 Å². The van der Waals surface area contributed by atoms with Crippen LogP contribution in [-0.4, -0.2) is 23.5 Å². The van der Waals surface area contributed by atoms with Crippen molar-refractivity contribution >= 4 is 41.3 Å². The summed E-state index contributed by atoms with van der Waals surface area (Å²) in [4.78, 5) is 8.93. The Hall–Kier alpha value is -0.370. The number of nitrogens with two attached hydrogens (primary N) is 1. The molecule has 6 heteroatoms. The summed E-state index contributed by atoms with van der Waals surface area (Å²) in [6.07, 6.45) is 8.32. The number of hydrogen-bond donors (Lipinski definition) is 2. The molecule has 1 heterocycles. The number of halogens is 1. The fourth-order valence-electron chi connectivity index (χ4n) is 2.42. The molecule has 0 spiro atoms. The van der Waals surface area contributed by atoms with Crippen LogP contribution in [-0.2, 0) is 12.8 Å². The second kappa shape index (κ2) is 9.55. The third-order valence-corrected chi connectivity index (χ3v) is 4.55. The van der Waals surface area contributed by atoms with Gasteiger partial charge in [0.25, 0.3) is 0 Å². The third-order valence-electron chi connectivity index (χ3n) is 3.51. The van der Waals surface area contributed by atoms with Crippen LogP contribution in [0.1, 0.15) is 49.7 Å². The Morgan fingerprint density at radius 1 is 1.45 bits per heavy atom. The van der Waals surface area contributed by atoms with Crippen molar-refractivity contribution in [2.75, 3.05) is 6.54 Å². The highest BCUT2D eigenvalue weighted by molar-refractivity contribution is 14.0. The number of aryl methyl sites for hydroxylation is 1. The lowest BCUT2D eigenvalue weighted by molar-refractivity contribution is 0.412. The molecule has 1 aliphatic rings. The first-order valence-electron chi connectivity index (χ1n) is 7.27. The van der Waals surface area contributed by atoms with E-state index in [-0.39, 0.29) is 24.0 Å². The van der Waals surface area contributed by atoms with E-state index in [2.05, 4.69) is 27.6 Å². The lowest BCUT2D eigenvalue weighted by Gasteiger charge is -2.23. The minimum absolute atomic E-state index is 0. The molecule has 4 nitrogen and oxygen atoms in total. The summed E-state index contributed by atoms with van der Waals surface area (Å²) in [6.45, 7) is 2.85. The van der Waals surface area contributed by atoms with Gasteiger partial charge in [-0.25, -0.2) is 4.98 Å². The van der Waals surface area contributed by atoms with Gasteiger partial charge in [0.1, 0.15) is 0 Å². The molecule has 3 N–H and O–H groups in total. The van der Waals surface area contributed by atoms with Crippen molar-refractivity contribution < 1.29 is 0 Å². The number of hydrogen-bond acceptors (Lipinski definition) is 3.